The van der Waals surface area contributed by atoms with Crippen LogP contribution >= 0.6 is 0 Å². The molecular formula is C17H20N2O2. The van der Waals surface area contributed by atoms with E-state index in [4.69, 9.17) is 5.73 Å². The molecule has 0 fully saturated rings. The molecule has 1 amide bonds. The van der Waals surface area contributed by atoms with Crippen molar-refractivity contribution in [2.45, 2.75) is 25.9 Å². The second-order valence-corrected chi connectivity index (χ2v) is 4.97. The Labute approximate surface area is 124 Å². The first-order chi connectivity index (χ1) is 10.1. The largest absolute Gasteiger partial charge is 0.508 e. The van der Waals surface area contributed by atoms with Gasteiger partial charge in [-0.05, 0) is 30.2 Å². The normalized spacial score (nSPS) is 12.0. The minimum atomic E-state index is -0.426. The minimum absolute atomic E-state index is 0.0587. The van der Waals surface area contributed by atoms with E-state index in [1.54, 1.807) is 18.2 Å². The summed E-state index contributed by atoms with van der Waals surface area (Å²) in [7, 11) is 0. The second kappa shape index (κ2) is 6.90. The van der Waals surface area contributed by atoms with Gasteiger partial charge in [-0.25, -0.2) is 0 Å². The van der Waals surface area contributed by atoms with E-state index >= 15 is 0 Å². The quantitative estimate of drug-likeness (QED) is 0.763. The first kappa shape index (κ1) is 15.1. The lowest BCUT2D eigenvalue weighted by Gasteiger charge is -2.18. The van der Waals surface area contributed by atoms with Crippen LogP contribution in [0.5, 0.6) is 5.75 Å². The highest BCUT2D eigenvalue weighted by Crippen LogP contribution is 2.26. The van der Waals surface area contributed by atoms with Crippen LogP contribution in [-0.2, 0) is 6.54 Å². The van der Waals surface area contributed by atoms with Crippen molar-refractivity contribution in [3.63, 3.8) is 0 Å². The third-order valence-electron chi connectivity index (χ3n) is 3.48. The van der Waals surface area contributed by atoms with Gasteiger partial charge in [-0.1, -0.05) is 37.3 Å². The number of nitrogens with two attached hydrogens (primary N) is 1. The van der Waals surface area contributed by atoms with Crippen LogP contribution in [0, 0.1) is 0 Å². The van der Waals surface area contributed by atoms with E-state index < -0.39 is 5.91 Å². The molecule has 0 aliphatic carbocycles. The Morgan fingerprint density at radius 3 is 2.67 bits per heavy atom. The standard InChI is InChI=1S/C17H20N2O2/c1-2-15(14-8-3-4-9-16(14)20)19-11-12-6-5-7-13(10-12)17(18)21/h3-10,15,19-20H,2,11H2,1H3,(H2,18,21). The van der Waals surface area contributed by atoms with Crippen LogP contribution in [0.15, 0.2) is 48.5 Å². The Kier molecular flexibility index (Phi) is 4.95. The summed E-state index contributed by atoms with van der Waals surface area (Å²) in [5, 5.41) is 13.3. The number of rotatable bonds is 6. The molecule has 2 aromatic rings. The molecule has 0 bridgehead atoms. The molecule has 1 unspecified atom stereocenters. The lowest BCUT2D eigenvalue weighted by molar-refractivity contribution is 0.1000. The Bertz CT molecular complexity index is 626. The number of carbonyl (C=O) groups is 1. The van der Waals surface area contributed by atoms with Gasteiger partial charge in [0.2, 0.25) is 5.91 Å². The molecule has 0 saturated carbocycles. The van der Waals surface area contributed by atoms with Gasteiger partial charge in [-0.3, -0.25) is 4.79 Å². The van der Waals surface area contributed by atoms with Gasteiger partial charge >= 0.3 is 0 Å². The number of primary amides is 1. The fourth-order valence-electron chi connectivity index (χ4n) is 2.33. The van der Waals surface area contributed by atoms with Gasteiger partial charge in [-0.15, -0.1) is 0 Å². The van der Waals surface area contributed by atoms with Crippen molar-refractivity contribution >= 4 is 5.91 Å². The lowest BCUT2D eigenvalue weighted by atomic mass is 10.0. The third kappa shape index (κ3) is 3.83. The maximum atomic E-state index is 11.2. The van der Waals surface area contributed by atoms with E-state index in [0.717, 1.165) is 17.5 Å². The molecular weight excluding hydrogens is 264 g/mol. The van der Waals surface area contributed by atoms with Crippen LogP contribution in [0.4, 0.5) is 0 Å². The monoisotopic (exact) mass is 284 g/mol. The van der Waals surface area contributed by atoms with E-state index in [2.05, 4.69) is 12.2 Å². The van der Waals surface area contributed by atoms with Crippen LogP contribution < -0.4 is 11.1 Å². The zero-order chi connectivity index (χ0) is 15.2. The predicted molar refractivity (Wildman–Crippen MR) is 82.9 cm³/mol. The molecule has 1 atom stereocenters. The van der Waals surface area contributed by atoms with Gasteiger partial charge < -0.3 is 16.2 Å². The Balaban J connectivity index is 2.09. The van der Waals surface area contributed by atoms with Gasteiger partial charge in [0, 0.05) is 23.7 Å². The molecule has 0 aliphatic heterocycles. The maximum Gasteiger partial charge on any atom is 0.248 e. The van der Waals surface area contributed by atoms with Crippen LogP contribution in [0.3, 0.4) is 0 Å². The minimum Gasteiger partial charge on any atom is -0.508 e. The van der Waals surface area contributed by atoms with Crippen LogP contribution in [0.1, 0.15) is 40.9 Å². The van der Waals surface area contributed by atoms with Gasteiger partial charge in [0.1, 0.15) is 5.75 Å². The topological polar surface area (TPSA) is 75.3 Å². The average molecular weight is 284 g/mol. The molecule has 0 heterocycles. The summed E-state index contributed by atoms with van der Waals surface area (Å²) < 4.78 is 0. The summed E-state index contributed by atoms with van der Waals surface area (Å²) >= 11 is 0. The number of para-hydroxylation sites is 1. The van der Waals surface area contributed by atoms with E-state index in [-0.39, 0.29) is 6.04 Å². The van der Waals surface area contributed by atoms with Crippen LogP contribution in [0.25, 0.3) is 0 Å². The predicted octanol–water partition coefficient (Wildman–Crippen LogP) is 2.73. The van der Waals surface area contributed by atoms with Gasteiger partial charge in [-0.2, -0.15) is 0 Å². The first-order valence-electron chi connectivity index (χ1n) is 7.01. The second-order valence-electron chi connectivity index (χ2n) is 4.97. The van der Waals surface area contributed by atoms with Crippen molar-refractivity contribution in [2.75, 3.05) is 0 Å². The van der Waals surface area contributed by atoms with Crippen molar-refractivity contribution in [3.8, 4) is 5.75 Å². The number of carbonyl (C=O) groups excluding carboxylic acids is 1. The zero-order valence-corrected chi connectivity index (χ0v) is 12.0. The van der Waals surface area contributed by atoms with Gasteiger partial charge in [0.25, 0.3) is 0 Å². The SMILES string of the molecule is CCC(NCc1cccc(C(N)=O)c1)c1ccccc1O. The van der Waals surface area contributed by atoms with Crippen molar-refractivity contribution in [3.05, 3.63) is 65.2 Å². The summed E-state index contributed by atoms with van der Waals surface area (Å²) in [4.78, 5) is 11.2. The molecule has 2 rings (SSSR count). The number of phenolic OH excluding ortho intramolecular Hbond substituents is 1. The highest BCUT2D eigenvalue weighted by Gasteiger charge is 2.12. The molecule has 0 radical (unpaired) electrons. The maximum absolute atomic E-state index is 11.2. The number of hydrogen-bond acceptors (Lipinski definition) is 3. The van der Waals surface area contributed by atoms with Crippen molar-refractivity contribution in [1.82, 2.24) is 5.32 Å². The molecule has 4 heteroatoms. The summed E-state index contributed by atoms with van der Waals surface area (Å²) in [5.74, 6) is -0.132. The Morgan fingerprint density at radius 1 is 1.24 bits per heavy atom. The highest BCUT2D eigenvalue weighted by atomic mass is 16.3. The molecule has 4 N–H and O–H groups in total. The number of aromatic hydroxyl groups is 1. The molecule has 110 valence electrons. The fraction of sp³-hybridized carbons (Fsp3) is 0.235. The van der Waals surface area contributed by atoms with E-state index in [1.807, 2.05) is 30.3 Å². The number of amides is 1. The third-order valence-corrected chi connectivity index (χ3v) is 3.48. The molecule has 2 aromatic carbocycles. The number of nitrogens with one attached hydrogen (secondary N) is 1. The molecule has 0 aliphatic rings. The summed E-state index contributed by atoms with van der Waals surface area (Å²) in [6.07, 6.45) is 0.854. The Hall–Kier alpha value is -2.33. The number of hydrogen-bond donors (Lipinski definition) is 3. The molecule has 4 nitrogen and oxygen atoms in total. The van der Waals surface area contributed by atoms with Crippen molar-refractivity contribution in [2.24, 2.45) is 5.73 Å². The number of phenols is 1. The molecule has 0 spiro atoms. The molecule has 0 saturated heterocycles. The van der Waals surface area contributed by atoms with Gasteiger partial charge in [0.15, 0.2) is 0 Å². The van der Waals surface area contributed by atoms with Gasteiger partial charge in [0.05, 0.1) is 0 Å². The van der Waals surface area contributed by atoms with Crippen LogP contribution in [0.2, 0.25) is 0 Å². The smallest absolute Gasteiger partial charge is 0.248 e. The van der Waals surface area contributed by atoms with Crippen molar-refractivity contribution < 1.29 is 9.90 Å². The van der Waals surface area contributed by atoms with E-state index in [1.165, 1.54) is 0 Å². The fourth-order valence-corrected chi connectivity index (χ4v) is 2.33. The summed E-state index contributed by atoms with van der Waals surface area (Å²) in [6.45, 7) is 2.66. The highest BCUT2D eigenvalue weighted by molar-refractivity contribution is 5.92. The summed E-state index contributed by atoms with van der Waals surface area (Å²) in [5.41, 5.74) is 7.65. The molecule has 0 aromatic heterocycles. The lowest BCUT2D eigenvalue weighted by Crippen LogP contribution is -2.20. The number of benzene rings is 2. The molecule has 21 heavy (non-hydrogen) atoms. The zero-order valence-electron chi connectivity index (χ0n) is 12.0. The average Bonchev–Trinajstić information content (AvgIpc) is 2.50. The van der Waals surface area contributed by atoms with Crippen LogP contribution in [-0.4, -0.2) is 11.0 Å². The van der Waals surface area contributed by atoms with E-state index in [9.17, 15) is 9.90 Å². The van der Waals surface area contributed by atoms with Crippen molar-refractivity contribution in [1.29, 1.82) is 0 Å². The first-order valence-corrected chi connectivity index (χ1v) is 7.01. The van der Waals surface area contributed by atoms with E-state index in [0.29, 0.717) is 17.9 Å². The Morgan fingerprint density at radius 2 is 2.00 bits per heavy atom. The summed E-state index contributed by atoms with van der Waals surface area (Å²) in [6, 6.07) is 14.6.